The van der Waals surface area contributed by atoms with Gasteiger partial charge in [0.2, 0.25) is 5.82 Å². The minimum atomic E-state index is -4.66. The van der Waals surface area contributed by atoms with Gasteiger partial charge in [0.05, 0.1) is 18.1 Å². The Hall–Kier alpha value is -1.38. The van der Waals surface area contributed by atoms with E-state index in [2.05, 4.69) is 14.2 Å². The average Bonchev–Trinajstić information content (AvgIpc) is 2.16. The van der Waals surface area contributed by atoms with E-state index in [9.17, 15) is 21.6 Å². The summed E-state index contributed by atoms with van der Waals surface area (Å²) in [7, 11) is -3.78. The van der Waals surface area contributed by atoms with Crippen LogP contribution in [0.3, 0.4) is 0 Å². The number of halogens is 3. The van der Waals surface area contributed by atoms with E-state index in [1.165, 1.54) is 6.92 Å². The van der Waals surface area contributed by atoms with Crippen molar-refractivity contribution < 1.29 is 25.8 Å². The van der Waals surface area contributed by atoms with Crippen LogP contribution < -0.4 is 4.18 Å². The van der Waals surface area contributed by atoms with Gasteiger partial charge in [0.25, 0.3) is 0 Å². The van der Waals surface area contributed by atoms with Crippen LogP contribution in [0.4, 0.5) is 13.2 Å². The zero-order valence-electron chi connectivity index (χ0n) is 8.02. The topological polar surface area (TPSA) is 69.2 Å². The van der Waals surface area contributed by atoms with Gasteiger partial charge in [0.1, 0.15) is 0 Å². The largest absolute Gasteiger partial charge is 0.451 e. The van der Waals surface area contributed by atoms with Crippen molar-refractivity contribution >= 4 is 10.1 Å². The van der Waals surface area contributed by atoms with Gasteiger partial charge in [-0.3, -0.25) is 0 Å². The van der Waals surface area contributed by atoms with Gasteiger partial charge in [0, 0.05) is 0 Å². The summed E-state index contributed by atoms with van der Waals surface area (Å²) in [5.74, 6) is -2.00. The number of alkyl halides is 3. The lowest BCUT2D eigenvalue weighted by atomic mass is 10.5. The maximum absolute atomic E-state index is 12.0. The van der Waals surface area contributed by atoms with Crippen molar-refractivity contribution in [3.8, 4) is 5.75 Å². The lowest BCUT2D eigenvalue weighted by molar-refractivity contribution is -0.145. The molecule has 0 aromatic carbocycles. The Bertz CT molecular complexity index is 455. The van der Waals surface area contributed by atoms with E-state index < -0.39 is 22.1 Å². The number of hydrogen-bond acceptors (Lipinski definition) is 5. The molecular weight excluding hydrogens is 249 g/mol. The quantitative estimate of drug-likeness (QED) is 0.760. The van der Waals surface area contributed by atoms with Gasteiger partial charge in [-0.15, -0.1) is 0 Å². The van der Waals surface area contributed by atoms with E-state index in [1.807, 2.05) is 0 Å². The Kier molecular flexibility index (Phi) is 3.36. The van der Waals surface area contributed by atoms with Gasteiger partial charge >= 0.3 is 16.3 Å². The van der Waals surface area contributed by atoms with Crippen molar-refractivity contribution in [3.63, 3.8) is 0 Å². The lowest BCUT2D eigenvalue weighted by Gasteiger charge is -2.06. The molecule has 0 amide bonds. The number of hydrogen-bond donors (Lipinski definition) is 0. The summed E-state index contributed by atoms with van der Waals surface area (Å²) >= 11 is 0. The van der Waals surface area contributed by atoms with E-state index in [1.54, 1.807) is 0 Å². The minimum Gasteiger partial charge on any atom is -0.379 e. The molecule has 0 saturated carbocycles. The molecule has 1 aromatic heterocycles. The van der Waals surface area contributed by atoms with Gasteiger partial charge in [-0.25, -0.2) is 9.97 Å². The number of rotatable bonds is 3. The molecule has 1 rings (SSSR count). The second-order valence-corrected chi connectivity index (χ2v) is 4.53. The molecule has 0 aliphatic rings. The second-order valence-electron chi connectivity index (χ2n) is 2.67. The molecule has 0 aliphatic heterocycles. The molecule has 0 unspecified atom stereocenters. The summed E-state index contributed by atoms with van der Waals surface area (Å²) in [5, 5.41) is 0. The third-order valence-corrected chi connectivity index (χ3v) is 2.61. The second kappa shape index (κ2) is 4.24. The first-order valence-corrected chi connectivity index (χ1v) is 5.64. The van der Waals surface area contributed by atoms with Crippen LogP contribution in [0.2, 0.25) is 0 Å². The summed E-state index contributed by atoms with van der Waals surface area (Å²) in [5.41, 5.74) is 0. The first kappa shape index (κ1) is 12.7. The monoisotopic (exact) mass is 256 g/mol. The summed E-state index contributed by atoms with van der Waals surface area (Å²) < 4.78 is 62.4. The summed E-state index contributed by atoms with van der Waals surface area (Å²) in [6.07, 6.45) is -3.35. The summed E-state index contributed by atoms with van der Waals surface area (Å²) in [6, 6.07) is 0. The van der Waals surface area contributed by atoms with Crippen molar-refractivity contribution in [2.24, 2.45) is 0 Å². The fraction of sp³-hybridized carbons (Fsp3) is 0.429. The van der Waals surface area contributed by atoms with Gasteiger partial charge in [-0.05, 0) is 6.92 Å². The van der Waals surface area contributed by atoms with Crippen LogP contribution in [0.1, 0.15) is 12.7 Å². The molecule has 5 nitrogen and oxygen atoms in total. The highest BCUT2D eigenvalue weighted by Crippen LogP contribution is 2.26. The molecule has 0 fully saturated rings. The van der Waals surface area contributed by atoms with Crippen molar-refractivity contribution in [3.05, 3.63) is 18.2 Å². The maximum atomic E-state index is 12.0. The highest BCUT2D eigenvalue weighted by atomic mass is 32.2. The Morgan fingerprint density at radius 1 is 1.31 bits per heavy atom. The predicted octanol–water partition coefficient (Wildman–Crippen LogP) is 1.22. The average molecular weight is 256 g/mol. The summed E-state index contributed by atoms with van der Waals surface area (Å²) in [6.45, 7) is 1.33. The lowest BCUT2D eigenvalue weighted by Crippen LogP contribution is -2.14. The number of nitrogens with zero attached hydrogens (tertiary/aromatic N) is 2. The van der Waals surface area contributed by atoms with Crippen LogP contribution in [-0.2, 0) is 16.3 Å². The predicted molar refractivity (Wildman–Crippen MR) is 47.1 cm³/mol. The molecule has 16 heavy (non-hydrogen) atoms. The molecule has 0 spiro atoms. The van der Waals surface area contributed by atoms with Gasteiger partial charge in [0.15, 0.2) is 5.75 Å². The minimum absolute atomic E-state index is 0.298. The molecular formula is C7H7F3N2O3S. The molecule has 0 aliphatic carbocycles. The fourth-order valence-electron chi connectivity index (χ4n) is 0.711. The Morgan fingerprint density at radius 3 is 2.19 bits per heavy atom. The molecule has 0 bridgehead atoms. The molecule has 90 valence electrons. The Balaban J connectivity index is 2.89. The van der Waals surface area contributed by atoms with E-state index in [0.717, 1.165) is 0 Å². The van der Waals surface area contributed by atoms with E-state index in [0.29, 0.717) is 12.4 Å². The SMILES string of the molecule is CCS(=O)(=O)Oc1cnc(C(F)(F)F)nc1. The van der Waals surface area contributed by atoms with Crippen molar-refractivity contribution in [1.82, 2.24) is 9.97 Å². The fourth-order valence-corrected chi connectivity index (χ4v) is 1.21. The highest BCUT2D eigenvalue weighted by Gasteiger charge is 2.34. The van der Waals surface area contributed by atoms with Crippen LogP contribution in [0.15, 0.2) is 12.4 Å². The normalized spacial score (nSPS) is 12.5. The van der Waals surface area contributed by atoms with Crippen molar-refractivity contribution in [1.29, 1.82) is 0 Å². The molecule has 1 aromatic rings. The van der Waals surface area contributed by atoms with E-state index in [-0.39, 0.29) is 11.5 Å². The first-order chi connectivity index (χ1) is 7.24. The first-order valence-electron chi connectivity index (χ1n) is 4.06. The van der Waals surface area contributed by atoms with Gasteiger partial charge in [-0.2, -0.15) is 21.6 Å². The third kappa shape index (κ3) is 3.33. The molecule has 0 saturated heterocycles. The molecule has 0 N–H and O–H groups in total. The Morgan fingerprint density at radius 2 is 1.81 bits per heavy atom. The van der Waals surface area contributed by atoms with Crippen LogP contribution in [-0.4, -0.2) is 24.1 Å². The van der Waals surface area contributed by atoms with Crippen molar-refractivity contribution in [2.75, 3.05) is 5.75 Å². The van der Waals surface area contributed by atoms with Gasteiger partial charge in [-0.1, -0.05) is 0 Å². The highest BCUT2D eigenvalue weighted by molar-refractivity contribution is 7.87. The molecule has 9 heteroatoms. The van der Waals surface area contributed by atoms with E-state index in [4.69, 9.17) is 0 Å². The van der Waals surface area contributed by atoms with Crippen LogP contribution in [0.25, 0.3) is 0 Å². The van der Waals surface area contributed by atoms with Crippen LogP contribution in [0, 0.1) is 0 Å². The van der Waals surface area contributed by atoms with E-state index >= 15 is 0 Å². The van der Waals surface area contributed by atoms with Crippen molar-refractivity contribution in [2.45, 2.75) is 13.1 Å². The smallest absolute Gasteiger partial charge is 0.379 e. The summed E-state index contributed by atoms with van der Waals surface area (Å²) in [4.78, 5) is 5.89. The molecule has 0 atom stereocenters. The van der Waals surface area contributed by atoms with Gasteiger partial charge < -0.3 is 4.18 Å². The van der Waals surface area contributed by atoms with Crippen LogP contribution >= 0.6 is 0 Å². The molecule has 1 heterocycles. The number of aromatic nitrogens is 2. The molecule has 0 radical (unpaired) electrons. The maximum Gasteiger partial charge on any atom is 0.451 e. The zero-order chi connectivity index (χ0) is 12.4. The zero-order valence-corrected chi connectivity index (χ0v) is 8.84. The van der Waals surface area contributed by atoms with Crippen LogP contribution in [0.5, 0.6) is 5.75 Å². The Labute approximate surface area is 89.4 Å². The third-order valence-electron chi connectivity index (χ3n) is 1.46. The standard InChI is InChI=1S/C7H7F3N2O3S/c1-2-16(13,14)15-5-3-11-6(12-4-5)7(8,9)10/h3-4H,2H2,1H3.